The maximum Gasteiger partial charge on any atom is 0.0936 e. The van der Waals surface area contributed by atoms with E-state index in [9.17, 15) is 0 Å². The number of azo groups is 1. The Hall–Kier alpha value is -3.27. The van der Waals surface area contributed by atoms with Crippen LogP contribution in [0.25, 0.3) is 21.5 Å². The van der Waals surface area contributed by atoms with Crippen molar-refractivity contribution in [2.75, 3.05) is 5.73 Å². The van der Waals surface area contributed by atoms with Crippen LogP contribution in [0.5, 0.6) is 0 Å². The van der Waals surface area contributed by atoms with E-state index in [1.165, 1.54) is 0 Å². The van der Waals surface area contributed by atoms with Crippen molar-refractivity contribution in [1.29, 1.82) is 0 Å². The molecular weight excluding hydrogens is 284 g/mol. The Bertz CT molecular complexity index is 1030. The number of aromatic nitrogens is 1. The molecule has 4 aromatic rings. The second-order valence-electron chi connectivity index (χ2n) is 5.29. The third-order valence-corrected chi connectivity index (χ3v) is 3.86. The number of anilines is 1. The highest BCUT2D eigenvalue weighted by atomic mass is 15.1. The number of hydrogen-bond donors (Lipinski definition) is 1. The van der Waals surface area contributed by atoms with Gasteiger partial charge in [0.15, 0.2) is 0 Å². The minimum atomic E-state index is 0.746. The Morgan fingerprint density at radius 1 is 0.696 bits per heavy atom. The molecule has 3 aromatic carbocycles. The molecule has 110 valence electrons. The smallest absolute Gasteiger partial charge is 0.0936 e. The average molecular weight is 298 g/mol. The number of nitrogens with two attached hydrogens (primary N) is 1. The Morgan fingerprint density at radius 3 is 2.35 bits per heavy atom. The summed E-state index contributed by atoms with van der Waals surface area (Å²) in [6, 6.07) is 19.6. The molecule has 0 bridgehead atoms. The molecule has 4 rings (SSSR count). The predicted molar refractivity (Wildman–Crippen MR) is 94.3 cm³/mol. The molecule has 0 amide bonds. The van der Waals surface area contributed by atoms with Crippen LogP contribution in [0.2, 0.25) is 0 Å². The molecule has 0 fully saturated rings. The minimum absolute atomic E-state index is 0.746. The first-order valence-electron chi connectivity index (χ1n) is 7.35. The summed E-state index contributed by atoms with van der Waals surface area (Å²) in [6.07, 6.45) is 3.59. The highest BCUT2D eigenvalue weighted by Crippen LogP contribution is 2.32. The molecule has 0 unspecified atom stereocenters. The van der Waals surface area contributed by atoms with Crippen LogP contribution < -0.4 is 5.73 Å². The molecule has 2 N–H and O–H groups in total. The Labute approximate surface area is 133 Å². The van der Waals surface area contributed by atoms with Crippen LogP contribution in [-0.2, 0) is 0 Å². The summed E-state index contributed by atoms with van der Waals surface area (Å²) >= 11 is 0. The molecule has 0 saturated carbocycles. The molecule has 4 nitrogen and oxygen atoms in total. The van der Waals surface area contributed by atoms with Crippen molar-refractivity contribution in [1.82, 2.24) is 4.98 Å². The summed E-state index contributed by atoms with van der Waals surface area (Å²) < 4.78 is 0. The van der Waals surface area contributed by atoms with E-state index in [4.69, 9.17) is 5.73 Å². The summed E-state index contributed by atoms with van der Waals surface area (Å²) in [4.78, 5) is 4.14. The Morgan fingerprint density at radius 2 is 1.48 bits per heavy atom. The molecule has 1 aromatic heterocycles. The second-order valence-corrected chi connectivity index (χ2v) is 5.29. The van der Waals surface area contributed by atoms with E-state index >= 15 is 0 Å². The van der Waals surface area contributed by atoms with Crippen LogP contribution in [0, 0.1) is 0 Å². The first-order chi connectivity index (χ1) is 11.3. The van der Waals surface area contributed by atoms with E-state index in [1.54, 1.807) is 6.20 Å². The zero-order chi connectivity index (χ0) is 15.6. The number of nitrogens with zero attached hydrogens (tertiary/aromatic N) is 3. The number of benzene rings is 3. The van der Waals surface area contributed by atoms with Crippen LogP contribution in [-0.4, -0.2) is 4.98 Å². The summed E-state index contributed by atoms with van der Waals surface area (Å²) in [5.41, 5.74) is 8.40. The number of pyridine rings is 1. The fraction of sp³-hybridized carbons (Fsp3) is 0. The van der Waals surface area contributed by atoms with E-state index in [0.717, 1.165) is 38.6 Å². The van der Waals surface area contributed by atoms with Crippen LogP contribution in [0.1, 0.15) is 0 Å². The third kappa shape index (κ3) is 2.40. The first kappa shape index (κ1) is 13.4. The molecule has 0 spiro atoms. The van der Waals surface area contributed by atoms with E-state index in [2.05, 4.69) is 15.2 Å². The van der Waals surface area contributed by atoms with Gasteiger partial charge in [0.1, 0.15) is 0 Å². The van der Waals surface area contributed by atoms with Crippen molar-refractivity contribution in [3.05, 3.63) is 73.1 Å². The second kappa shape index (κ2) is 5.50. The standard InChI is InChI=1S/C19H14N4/c20-17-8-9-19(16-6-2-1-5-15(16)17)23-22-18-7-3-4-13-12-21-11-10-14(13)18/h1-12H,20H2. The fourth-order valence-corrected chi connectivity index (χ4v) is 2.69. The lowest BCUT2D eigenvalue weighted by molar-refractivity contribution is 1.25. The molecule has 0 aliphatic rings. The van der Waals surface area contributed by atoms with Crippen molar-refractivity contribution in [3.8, 4) is 0 Å². The fourth-order valence-electron chi connectivity index (χ4n) is 2.69. The van der Waals surface area contributed by atoms with Crippen LogP contribution in [0.15, 0.2) is 83.3 Å². The van der Waals surface area contributed by atoms with Crippen LogP contribution >= 0.6 is 0 Å². The van der Waals surface area contributed by atoms with Crippen molar-refractivity contribution in [2.24, 2.45) is 10.2 Å². The van der Waals surface area contributed by atoms with Crippen LogP contribution in [0.3, 0.4) is 0 Å². The third-order valence-electron chi connectivity index (χ3n) is 3.86. The van der Waals surface area contributed by atoms with Crippen molar-refractivity contribution in [2.45, 2.75) is 0 Å². The van der Waals surface area contributed by atoms with Gasteiger partial charge in [-0.25, -0.2) is 0 Å². The van der Waals surface area contributed by atoms with E-state index in [-0.39, 0.29) is 0 Å². The molecule has 4 heteroatoms. The van der Waals surface area contributed by atoms with Gasteiger partial charge < -0.3 is 5.73 Å². The zero-order valence-corrected chi connectivity index (χ0v) is 12.3. The summed E-state index contributed by atoms with van der Waals surface area (Å²) in [5.74, 6) is 0. The van der Waals surface area contributed by atoms with E-state index in [1.807, 2.05) is 66.9 Å². The maximum absolute atomic E-state index is 6.03. The minimum Gasteiger partial charge on any atom is -0.398 e. The van der Waals surface area contributed by atoms with Crippen molar-refractivity contribution >= 4 is 38.6 Å². The molecule has 0 saturated heterocycles. The van der Waals surface area contributed by atoms with Gasteiger partial charge in [-0.1, -0.05) is 36.4 Å². The lowest BCUT2D eigenvalue weighted by Gasteiger charge is -2.04. The van der Waals surface area contributed by atoms with Crippen molar-refractivity contribution < 1.29 is 0 Å². The van der Waals surface area contributed by atoms with Gasteiger partial charge in [0.05, 0.1) is 11.4 Å². The molecule has 0 atom stereocenters. The van der Waals surface area contributed by atoms with Gasteiger partial charge in [-0.05, 0) is 24.3 Å². The molecule has 23 heavy (non-hydrogen) atoms. The van der Waals surface area contributed by atoms with Gasteiger partial charge in [-0.2, -0.15) is 0 Å². The molecule has 1 heterocycles. The molecule has 0 aliphatic carbocycles. The van der Waals surface area contributed by atoms with Crippen LogP contribution in [0.4, 0.5) is 17.1 Å². The number of fused-ring (bicyclic) bond motifs is 2. The van der Waals surface area contributed by atoms with Gasteiger partial charge in [-0.15, -0.1) is 10.2 Å². The topological polar surface area (TPSA) is 63.6 Å². The normalized spacial score (nSPS) is 11.5. The van der Waals surface area contributed by atoms with Crippen molar-refractivity contribution in [3.63, 3.8) is 0 Å². The Kier molecular flexibility index (Phi) is 3.20. The summed E-state index contributed by atoms with van der Waals surface area (Å²) in [7, 11) is 0. The van der Waals surface area contributed by atoms with Gasteiger partial charge in [0.2, 0.25) is 0 Å². The first-order valence-corrected chi connectivity index (χ1v) is 7.35. The highest BCUT2D eigenvalue weighted by Gasteiger charge is 2.03. The quantitative estimate of drug-likeness (QED) is 0.398. The van der Waals surface area contributed by atoms with Gasteiger partial charge in [-0.3, -0.25) is 4.98 Å². The number of nitrogen functional groups attached to an aromatic ring is 1. The highest BCUT2D eigenvalue weighted by molar-refractivity contribution is 6.00. The molecular formula is C19H14N4. The Balaban J connectivity index is 1.84. The average Bonchev–Trinajstić information content (AvgIpc) is 2.61. The van der Waals surface area contributed by atoms with Gasteiger partial charge in [0.25, 0.3) is 0 Å². The summed E-state index contributed by atoms with van der Waals surface area (Å²) in [6.45, 7) is 0. The van der Waals surface area contributed by atoms with E-state index < -0.39 is 0 Å². The summed E-state index contributed by atoms with van der Waals surface area (Å²) in [5, 5.41) is 13.0. The monoisotopic (exact) mass is 298 g/mol. The lowest BCUT2D eigenvalue weighted by atomic mass is 10.1. The largest absolute Gasteiger partial charge is 0.398 e. The lowest BCUT2D eigenvalue weighted by Crippen LogP contribution is -1.86. The van der Waals surface area contributed by atoms with Gasteiger partial charge >= 0.3 is 0 Å². The molecule has 0 radical (unpaired) electrons. The SMILES string of the molecule is Nc1ccc(N=Nc2cccc3cnccc23)c2ccccc12. The molecule has 0 aliphatic heterocycles. The number of hydrogen-bond acceptors (Lipinski definition) is 4. The van der Waals surface area contributed by atoms with Gasteiger partial charge in [0, 0.05) is 39.6 Å². The maximum atomic E-state index is 6.03. The predicted octanol–water partition coefficient (Wildman–Crippen LogP) is 5.39. The zero-order valence-electron chi connectivity index (χ0n) is 12.3. The van der Waals surface area contributed by atoms with E-state index in [0.29, 0.717) is 0 Å². The number of rotatable bonds is 2.